The topological polar surface area (TPSA) is 46.2 Å². The van der Waals surface area contributed by atoms with Crippen LogP contribution in [0.25, 0.3) is 0 Å². The molecule has 0 spiro atoms. The highest BCUT2D eigenvalue weighted by molar-refractivity contribution is 7.98. The van der Waals surface area contributed by atoms with Gasteiger partial charge in [-0.15, -0.1) is 11.8 Å². The molecule has 0 saturated heterocycles. The van der Waals surface area contributed by atoms with Gasteiger partial charge in [0.2, 0.25) is 10.0 Å². The van der Waals surface area contributed by atoms with Crippen molar-refractivity contribution in [2.45, 2.75) is 43.5 Å². The van der Waals surface area contributed by atoms with Crippen LogP contribution in [-0.2, 0) is 10.0 Å². The fourth-order valence-electron chi connectivity index (χ4n) is 2.84. The summed E-state index contributed by atoms with van der Waals surface area (Å²) in [7, 11) is -3.56. The van der Waals surface area contributed by atoms with Crippen molar-refractivity contribution >= 4 is 21.8 Å². The molecule has 2 aromatic carbocycles. The van der Waals surface area contributed by atoms with Crippen LogP contribution in [0.2, 0.25) is 0 Å². The lowest BCUT2D eigenvalue weighted by Crippen LogP contribution is -2.28. The van der Waals surface area contributed by atoms with Crippen LogP contribution in [0.3, 0.4) is 0 Å². The van der Waals surface area contributed by atoms with Gasteiger partial charge in [0.05, 0.1) is 4.90 Å². The van der Waals surface area contributed by atoms with Gasteiger partial charge in [0, 0.05) is 10.9 Å². The van der Waals surface area contributed by atoms with Crippen LogP contribution >= 0.6 is 11.8 Å². The molecule has 2 rings (SSSR count). The fraction of sp³-hybridized carbons (Fsp3) is 0.333. The molecule has 2 aromatic rings. The zero-order valence-corrected chi connectivity index (χ0v) is 15.8. The SMILES string of the molecule is CSc1ccc([C@@H](C)NS(=O)(=O)c2c(C)cc(C)cc2C)cc1. The van der Waals surface area contributed by atoms with Gasteiger partial charge in [0.25, 0.3) is 0 Å². The molecule has 5 heteroatoms. The minimum atomic E-state index is -3.56. The molecule has 0 aliphatic heterocycles. The maximum atomic E-state index is 12.8. The molecule has 0 heterocycles. The molecule has 0 aliphatic carbocycles. The maximum Gasteiger partial charge on any atom is 0.241 e. The van der Waals surface area contributed by atoms with E-state index < -0.39 is 10.0 Å². The maximum absolute atomic E-state index is 12.8. The van der Waals surface area contributed by atoms with Crippen molar-refractivity contribution in [3.63, 3.8) is 0 Å². The van der Waals surface area contributed by atoms with Crippen molar-refractivity contribution in [1.82, 2.24) is 4.72 Å². The molecule has 0 unspecified atom stereocenters. The molecule has 3 nitrogen and oxygen atoms in total. The summed E-state index contributed by atoms with van der Waals surface area (Å²) in [6.45, 7) is 7.52. The fourth-order valence-corrected chi connectivity index (χ4v) is 4.94. The monoisotopic (exact) mass is 349 g/mol. The molecule has 0 amide bonds. The summed E-state index contributed by atoms with van der Waals surface area (Å²) in [5.74, 6) is 0. The molecule has 1 N–H and O–H groups in total. The Labute approximate surface area is 143 Å². The first kappa shape index (κ1) is 18.0. The van der Waals surface area contributed by atoms with E-state index in [4.69, 9.17) is 0 Å². The molecule has 0 saturated carbocycles. The van der Waals surface area contributed by atoms with Crippen molar-refractivity contribution in [2.24, 2.45) is 0 Å². The molecular weight excluding hydrogens is 326 g/mol. The number of aryl methyl sites for hydroxylation is 3. The van der Waals surface area contributed by atoms with Crippen LogP contribution in [0, 0.1) is 20.8 Å². The number of sulfonamides is 1. The third-order valence-electron chi connectivity index (χ3n) is 3.82. The number of thioether (sulfide) groups is 1. The quantitative estimate of drug-likeness (QED) is 0.815. The van der Waals surface area contributed by atoms with Crippen molar-refractivity contribution in [3.05, 3.63) is 58.7 Å². The van der Waals surface area contributed by atoms with Gasteiger partial charge in [-0.25, -0.2) is 13.1 Å². The summed E-state index contributed by atoms with van der Waals surface area (Å²) >= 11 is 1.67. The molecule has 23 heavy (non-hydrogen) atoms. The highest BCUT2D eigenvalue weighted by Crippen LogP contribution is 2.25. The van der Waals surface area contributed by atoms with Crippen LogP contribution < -0.4 is 4.72 Å². The Hall–Kier alpha value is -1.30. The van der Waals surface area contributed by atoms with E-state index >= 15 is 0 Å². The number of benzene rings is 2. The summed E-state index contributed by atoms with van der Waals surface area (Å²) in [6, 6.07) is 11.5. The Bertz CT molecular complexity index is 773. The summed E-state index contributed by atoms with van der Waals surface area (Å²) < 4.78 is 28.3. The summed E-state index contributed by atoms with van der Waals surface area (Å²) in [5.41, 5.74) is 3.58. The van der Waals surface area contributed by atoms with Crippen molar-refractivity contribution in [1.29, 1.82) is 0 Å². The predicted molar refractivity (Wildman–Crippen MR) is 97.6 cm³/mol. The zero-order chi connectivity index (χ0) is 17.2. The van der Waals surface area contributed by atoms with E-state index in [0.717, 1.165) is 27.1 Å². The lowest BCUT2D eigenvalue weighted by molar-refractivity contribution is 0.565. The molecule has 124 valence electrons. The van der Waals surface area contributed by atoms with Gasteiger partial charge in [0.15, 0.2) is 0 Å². The molecule has 0 fully saturated rings. The van der Waals surface area contributed by atoms with E-state index in [1.807, 2.05) is 70.3 Å². The molecular formula is C18H23NO2S2. The minimum Gasteiger partial charge on any atom is -0.207 e. The van der Waals surface area contributed by atoms with Gasteiger partial charge in [-0.2, -0.15) is 0 Å². The highest BCUT2D eigenvalue weighted by atomic mass is 32.2. The van der Waals surface area contributed by atoms with Gasteiger partial charge in [-0.3, -0.25) is 0 Å². The molecule has 0 aliphatic rings. The first-order chi connectivity index (χ1) is 10.7. The average Bonchev–Trinajstić information content (AvgIpc) is 2.45. The minimum absolute atomic E-state index is 0.281. The number of hydrogen-bond acceptors (Lipinski definition) is 3. The summed E-state index contributed by atoms with van der Waals surface area (Å²) in [6.07, 6.45) is 2.02. The van der Waals surface area contributed by atoms with E-state index in [-0.39, 0.29) is 6.04 Å². The highest BCUT2D eigenvalue weighted by Gasteiger charge is 2.22. The molecule has 0 bridgehead atoms. The standard InChI is InChI=1S/C18H23NO2S2/c1-12-10-13(2)18(14(3)11-12)23(20,21)19-15(4)16-6-8-17(22-5)9-7-16/h6-11,15,19H,1-5H3/t15-/m1/s1. The molecule has 0 radical (unpaired) electrons. The van der Waals surface area contributed by atoms with Crippen LogP contribution in [0.1, 0.15) is 35.2 Å². The van der Waals surface area contributed by atoms with Crippen molar-refractivity contribution < 1.29 is 8.42 Å². The summed E-state index contributed by atoms with van der Waals surface area (Å²) in [4.78, 5) is 1.55. The molecule has 0 aromatic heterocycles. The Balaban J connectivity index is 2.30. The van der Waals surface area contributed by atoms with Gasteiger partial charge in [-0.1, -0.05) is 29.8 Å². The van der Waals surface area contributed by atoms with Gasteiger partial charge >= 0.3 is 0 Å². The normalized spacial score (nSPS) is 13.1. The average molecular weight is 350 g/mol. The smallest absolute Gasteiger partial charge is 0.207 e. The van der Waals surface area contributed by atoms with E-state index in [9.17, 15) is 8.42 Å². The lowest BCUT2D eigenvalue weighted by atomic mass is 10.1. The van der Waals surface area contributed by atoms with E-state index in [1.54, 1.807) is 11.8 Å². The van der Waals surface area contributed by atoms with Crippen LogP contribution in [-0.4, -0.2) is 14.7 Å². The third-order valence-corrected chi connectivity index (χ3v) is 6.41. The first-order valence-electron chi connectivity index (χ1n) is 7.48. The largest absolute Gasteiger partial charge is 0.241 e. The second-order valence-electron chi connectivity index (χ2n) is 5.84. The van der Waals surface area contributed by atoms with Gasteiger partial charge in [-0.05, 0) is 62.8 Å². The lowest BCUT2D eigenvalue weighted by Gasteiger charge is -2.18. The Morgan fingerprint density at radius 2 is 1.52 bits per heavy atom. The Morgan fingerprint density at radius 1 is 1.00 bits per heavy atom. The predicted octanol–water partition coefficient (Wildman–Crippen LogP) is 4.37. The molecule has 1 atom stereocenters. The third kappa shape index (κ3) is 4.16. The first-order valence-corrected chi connectivity index (χ1v) is 10.2. The second-order valence-corrected chi connectivity index (χ2v) is 8.37. The van der Waals surface area contributed by atoms with Crippen LogP contribution in [0.15, 0.2) is 46.2 Å². The Kier molecular flexibility index (Phi) is 5.55. The van der Waals surface area contributed by atoms with Gasteiger partial charge in [0.1, 0.15) is 0 Å². The zero-order valence-electron chi connectivity index (χ0n) is 14.2. The van der Waals surface area contributed by atoms with Crippen LogP contribution in [0.5, 0.6) is 0 Å². The number of rotatable bonds is 5. The van der Waals surface area contributed by atoms with E-state index in [0.29, 0.717) is 4.90 Å². The van der Waals surface area contributed by atoms with E-state index in [2.05, 4.69) is 4.72 Å². The number of nitrogens with one attached hydrogen (secondary N) is 1. The second kappa shape index (κ2) is 7.07. The number of hydrogen-bond donors (Lipinski definition) is 1. The Morgan fingerprint density at radius 3 is 2.00 bits per heavy atom. The summed E-state index contributed by atoms with van der Waals surface area (Å²) in [5, 5.41) is 0. The van der Waals surface area contributed by atoms with Crippen molar-refractivity contribution in [3.8, 4) is 0 Å². The van der Waals surface area contributed by atoms with E-state index in [1.165, 1.54) is 0 Å². The van der Waals surface area contributed by atoms with Crippen LogP contribution in [0.4, 0.5) is 0 Å². The van der Waals surface area contributed by atoms with Gasteiger partial charge < -0.3 is 0 Å². The van der Waals surface area contributed by atoms with Crippen molar-refractivity contribution in [2.75, 3.05) is 6.26 Å².